The van der Waals surface area contributed by atoms with Gasteiger partial charge in [0.05, 0.1) is 15.7 Å². The molecule has 2 saturated carbocycles. The normalized spacial score (nSPS) is 31.7. The predicted octanol–water partition coefficient (Wildman–Crippen LogP) is 3.12. The van der Waals surface area contributed by atoms with Gasteiger partial charge in [-0.2, -0.15) is 0 Å². The number of nitrogens with two attached hydrogens (primary N) is 1. The Labute approximate surface area is 111 Å². The zero-order valence-corrected chi connectivity index (χ0v) is 11.7. The first kappa shape index (κ1) is 12.2. The minimum absolute atomic E-state index is 0.672. The van der Waals surface area contributed by atoms with E-state index in [4.69, 9.17) is 5.73 Å². The molecular weight excluding hydrogens is 242 g/mol. The fourth-order valence-electron chi connectivity index (χ4n) is 3.74. The van der Waals surface area contributed by atoms with Crippen molar-refractivity contribution in [1.29, 1.82) is 0 Å². The minimum Gasteiger partial charge on any atom is -0.398 e. The Morgan fingerprint density at radius 2 is 2.17 bits per heavy atom. The highest BCUT2D eigenvalue weighted by Crippen LogP contribution is 2.48. The zero-order valence-electron chi connectivity index (χ0n) is 10.9. The Morgan fingerprint density at radius 3 is 2.78 bits per heavy atom. The Balaban J connectivity index is 1.71. The third kappa shape index (κ3) is 2.20. The van der Waals surface area contributed by atoms with Gasteiger partial charge < -0.3 is 5.73 Å². The summed E-state index contributed by atoms with van der Waals surface area (Å²) < 4.78 is 12.4. The van der Waals surface area contributed by atoms with Crippen LogP contribution in [0.4, 0.5) is 5.69 Å². The smallest absolute Gasteiger partial charge is 0.0617 e. The molecule has 2 nitrogen and oxygen atoms in total. The van der Waals surface area contributed by atoms with Crippen LogP contribution in [-0.2, 0) is 10.8 Å². The van der Waals surface area contributed by atoms with Crippen LogP contribution in [0.1, 0.15) is 31.2 Å². The van der Waals surface area contributed by atoms with E-state index in [2.05, 4.69) is 0 Å². The molecule has 4 unspecified atom stereocenters. The van der Waals surface area contributed by atoms with E-state index in [0.29, 0.717) is 11.6 Å². The Hall–Kier alpha value is -0.830. The molecule has 98 valence electrons. The van der Waals surface area contributed by atoms with Gasteiger partial charge in [0, 0.05) is 11.4 Å². The largest absolute Gasteiger partial charge is 0.398 e. The van der Waals surface area contributed by atoms with Crippen LogP contribution in [0.25, 0.3) is 0 Å². The summed E-state index contributed by atoms with van der Waals surface area (Å²) in [5.41, 5.74) is 7.80. The highest BCUT2D eigenvalue weighted by molar-refractivity contribution is 7.85. The molecule has 1 aromatic carbocycles. The van der Waals surface area contributed by atoms with E-state index in [1.807, 2.05) is 25.1 Å². The molecule has 3 rings (SSSR count). The van der Waals surface area contributed by atoms with Crippen LogP contribution in [0.2, 0.25) is 0 Å². The molecule has 0 heterocycles. The summed E-state index contributed by atoms with van der Waals surface area (Å²) in [6.07, 6.45) is 5.43. The maximum atomic E-state index is 12.4. The molecule has 0 aromatic heterocycles. The van der Waals surface area contributed by atoms with Gasteiger partial charge in [0.2, 0.25) is 0 Å². The van der Waals surface area contributed by atoms with Gasteiger partial charge in [0.1, 0.15) is 0 Å². The number of nitrogen functional groups attached to an aromatic ring is 1. The first-order valence-electron chi connectivity index (χ1n) is 6.88. The summed E-state index contributed by atoms with van der Waals surface area (Å²) >= 11 is 0. The van der Waals surface area contributed by atoms with E-state index in [9.17, 15) is 4.21 Å². The second kappa shape index (κ2) is 4.69. The number of anilines is 1. The number of fused-ring (bicyclic) bond motifs is 2. The van der Waals surface area contributed by atoms with Crippen LogP contribution in [0.15, 0.2) is 23.1 Å². The summed E-state index contributed by atoms with van der Waals surface area (Å²) in [5, 5.41) is 0. The van der Waals surface area contributed by atoms with Crippen molar-refractivity contribution in [3.63, 3.8) is 0 Å². The van der Waals surface area contributed by atoms with Crippen LogP contribution < -0.4 is 5.73 Å². The number of hydrogen-bond donors (Lipinski definition) is 1. The lowest BCUT2D eigenvalue weighted by Gasteiger charge is -2.21. The van der Waals surface area contributed by atoms with E-state index < -0.39 is 10.8 Å². The second-order valence-corrected chi connectivity index (χ2v) is 7.45. The lowest BCUT2D eigenvalue weighted by Crippen LogP contribution is -2.18. The third-order valence-electron chi connectivity index (χ3n) is 4.66. The fourth-order valence-corrected chi connectivity index (χ4v) is 5.26. The molecule has 0 saturated heterocycles. The summed E-state index contributed by atoms with van der Waals surface area (Å²) in [4.78, 5) is 0.836. The molecule has 2 fully saturated rings. The number of aryl methyl sites for hydroxylation is 1. The first-order valence-corrected chi connectivity index (χ1v) is 8.20. The third-order valence-corrected chi connectivity index (χ3v) is 6.25. The van der Waals surface area contributed by atoms with E-state index in [1.165, 1.54) is 25.7 Å². The molecule has 0 spiro atoms. The molecule has 0 aliphatic heterocycles. The van der Waals surface area contributed by atoms with Gasteiger partial charge in [-0.1, -0.05) is 12.5 Å². The summed E-state index contributed by atoms with van der Waals surface area (Å²) in [6.45, 7) is 2.01. The van der Waals surface area contributed by atoms with Gasteiger partial charge in [-0.3, -0.25) is 4.21 Å². The molecule has 0 radical (unpaired) electrons. The molecular formula is C15H21NOS. The molecule has 4 atom stereocenters. The van der Waals surface area contributed by atoms with Gasteiger partial charge in [-0.15, -0.1) is 0 Å². The van der Waals surface area contributed by atoms with E-state index in [0.717, 1.165) is 28.0 Å². The molecule has 18 heavy (non-hydrogen) atoms. The van der Waals surface area contributed by atoms with Crippen molar-refractivity contribution in [1.82, 2.24) is 0 Å². The van der Waals surface area contributed by atoms with Crippen LogP contribution >= 0.6 is 0 Å². The maximum Gasteiger partial charge on any atom is 0.0617 e. The second-order valence-electron chi connectivity index (χ2n) is 5.99. The van der Waals surface area contributed by atoms with Crippen LogP contribution in [0.5, 0.6) is 0 Å². The predicted molar refractivity (Wildman–Crippen MR) is 75.8 cm³/mol. The van der Waals surface area contributed by atoms with E-state index in [-0.39, 0.29) is 0 Å². The quantitative estimate of drug-likeness (QED) is 0.851. The lowest BCUT2D eigenvalue weighted by molar-refractivity contribution is 0.363. The van der Waals surface area contributed by atoms with Gasteiger partial charge in [0.25, 0.3) is 0 Å². The SMILES string of the molecule is Cc1ccc(S(=O)CC2CC3CCC2C3)c(N)c1. The molecule has 2 bridgehead atoms. The van der Waals surface area contributed by atoms with Crippen molar-refractivity contribution in [2.24, 2.45) is 17.8 Å². The summed E-state index contributed by atoms with van der Waals surface area (Å²) in [6, 6.07) is 5.87. The summed E-state index contributed by atoms with van der Waals surface area (Å²) in [5.74, 6) is 3.25. The standard InChI is InChI=1S/C15H21NOS/c1-10-2-5-15(14(16)6-10)18(17)9-13-8-11-3-4-12(13)7-11/h2,5-6,11-13H,3-4,7-9,16H2,1H3. The van der Waals surface area contributed by atoms with Gasteiger partial charge >= 0.3 is 0 Å². The highest BCUT2D eigenvalue weighted by atomic mass is 32.2. The van der Waals surface area contributed by atoms with Crippen molar-refractivity contribution >= 4 is 16.5 Å². The van der Waals surface area contributed by atoms with E-state index in [1.54, 1.807) is 0 Å². The molecule has 3 heteroatoms. The molecule has 2 N–H and O–H groups in total. The van der Waals surface area contributed by atoms with Crippen molar-refractivity contribution in [3.8, 4) is 0 Å². The fraction of sp³-hybridized carbons (Fsp3) is 0.600. The zero-order chi connectivity index (χ0) is 12.7. The van der Waals surface area contributed by atoms with Crippen molar-refractivity contribution in [2.75, 3.05) is 11.5 Å². The monoisotopic (exact) mass is 263 g/mol. The highest BCUT2D eigenvalue weighted by Gasteiger charge is 2.40. The van der Waals surface area contributed by atoms with Crippen molar-refractivity contribution in [3.05, 3.63) is 23.8 Å². The molecule has 2 aliphatic carbocycles. The Bertz CT molecular complexity index is 485. The van der Waals surface area contributed by atoms with Crippen molar-refractivity contribution < 1.29 is 4.21 Å². The molecule has 1 aromatic rings. The van der Waals surface area contributed by atoms with Crippen LogP contribution in [-0.4, -0.2) is 9.96 Å². The first-order chi connectivity index (χ1) is 8.63. The summed E-state index contributed by atoms with van der Waals surface area (Å²) in [7, 11) is -0.920. The van der Waals surface area contributed by atoms with Crippen LogP contribution in [0, 0.1) is 24.7 Å². The maximum absolute atomic E-state index is 12.4. The molecule has 2 aliphatic rings. The number of hydrogen-bond acceptors (Lipinski definition) is 2. The number of benzene rings is 1. The Morgan fingerprint density at radius 1 is 1.33 bits per heavy atom. The van der Waals surface area contributed by atoms with Gasteiger partial charge in [0.15, 0.2) is 0 Å². The minimum atomic E-state index is -0.920. The number of rotatable bonds is 3. The average molecular weight is 263 g/mol. The van der Waals surface area contributed by atoms with Gasteiger partial charge in [-0.05, 0) is 61.6 Å². The van der Waals surface area contributed by atoms with Crippen LogP contribution in [0.3, 0.4) is 0 Å². The average Bonchev–Trinajstić information content (AvgIpc) is 2.90. The lowest BCUT2D eigenvalue weighted by atomic mass is 9.90. The Kier molecular flexibility index (Phi) is 3.18. The van der Waals surface area contributed by atoms with Crippen molar-refractivity contribution in [2.45, 2.75) is 37.5 Å². The van der Waals surface area contributed by atoms with Gasteiger partial charge in [-0.25, -0.2) is 0 Å². The molecule has 0 amide bonds. The van der Waals surface area contributed by atoms with E-state index >= 15 is 0 Å². The topological polar surface area (TPSA) is 43.1 Å².